The standard InChI is InChI=1S/C19H29N3O3S/c1-15-6-7-18(16(2)14-15)26(24,25)22-12-10-20(11-13-22)17(3)19(23)21-8-4-5-9-21/h6-7,14,17H,4-5,8-13H2,1-3H3/p+1/t17-/m0/s1. The van der Waals surface area contributed by atoms with Crippen LogP contribution >= 0.6 is 0 Å². The maximum absolute atomic E-state index is 13.0. The average Bonchev–Trinajstić information content (AvgIpc) is 3.15. The zero-order valence-electron chi connectivity index (χ0n) is 16.0. The third kappa shape index (κ3) is 3.80. The van der Waals surface area contributed by atoms with E-state index in [0.717, 1.165) is 37.1 Å². The summed E-state index contributed by atoms with van der Waals surface area (Å²) in [6.07, 6.45) is 2.19. The van der Waals surface area contributed by atoms with Crippen molar-refractivity contribution in [2.24, 2.45) is 0 Å². The van der Waals surface area contributed by atoms with Crippen molar-refractivity contribution in [3.63, 3.8) is 0 Å². The van der Waals surface area contributed by atoms with E-state index < -0.39 is 10.0 Å². The highest BCUT2D eigenvalue weighted by atomic mass is 32.2. The number of amides is 1. The van der Waals surface area contributed by atoms with Gasteiger partial charge in [-0.05, 0) is 45.2 Å². The summed E-state index contributed by atoms with van der Waals surface area (Å²) in [4.78, 5) is 16.1. The second kappa shape index (κ2) is 7.66. The van der Waals surface area contributed by atoms with Crippen LogP contribution in [0.3, 0.4) is 0 Å². The molecule has 2 fully saturated rings. The van der Waals surface area contributed by atoms with E-state index in [1.54, 1.807) is 10.4 Å². The Labute approximate surface area is 156 Å². The first-order valence-corrected chi connectivity index (χ1v) is 11.0. The lowest BCUT2D eigenvalue weighted by Gasteiger charge is -2.35. The molecule has 144 valence electrons. The molecule has 0 aromatic heterocycles. The Morgan fingerprint density at radius 3 is 2.27 bits per heavy atom. The molecule has 0 unspecified atom stereocenters. The van der Waals surface area contributed by atoms with Crippen LogP contribution in [0.15, 0.2) is 23.1 Å². The normalized spacial score (nSPS) is 21.1. The molecular weight excluding hydrogens is 350 g/mol. The first-order chi connectivity index (χ1) is 12.3. The smallest absolute Gasteiger partial charge is 0.280 e. The summed E-state index contributed by atoms with van der Waals surface area (Å²) < 4.78 is 27.5. The lowest BCUT2D eigenvalue weighted by Crippen LogP contribution is -3.19. The van der Waals surface area contributed by atoms with Gasteiger partial charge in [-0.15, -0.1) is 0 Å². The van der Waals surface area contributed by atoms with Crippen LogP contribution in [0.4, 0.5) is 0 Å². The second-order valence-corrected chi connectivity index (χ2v) is 9.49. The Bertz CT molecular complexity index is 764. The van der Waals surface area contributed by atoms with Gasteiger partial charge in [0.15, 0.2) is 6.04 Å². The van der Waals surface area contributed by atoms with Crippen LogP contribution in [0.5, 0.6) is 0 Å². The predicted octanol–water partition coefficient (Wildman–Crippen LogP) is 0.204. The van der Waals surface area contributed by atoms with Gasteiger partial charge >= 0.3 is 0 Å². The van der Waals surface area contributed by atoms with E-state index in [-0.39, 0.29) is 11.9 Å². The van der Waals surface area contributed by atoms with Crippen molar-refractivity contribution in [3.8, 4) is 0 Å². The monoisotopic (exact) mass is 380 g/mol. The molecule has 1 aromatic rings. The summed E-state index contributed by atoms with van der Waals surface area (Å²) in [6.45, 7) is 9.78. The van der Waals surface area contributed by atoms with Crippen molar-refractivity contribution in [3.05, 3.63) is 29.3 Å². The Kier molecular flexibility index (Phi) is 5.69. The molecule has 2 aliphatic rings. The highest BCUT2D eigenvalue weighted by Gasteiger charge is 2.36. The molecule has 1 N–H and O–H groups in total. The van der Waals surface area contributed by atoms with E-state index in [4.69, 9.17) is 0 Å². The van der Waals surface area contributed by atoms with Crippen molar-refractivity contribution in [2.75, 3.05) is 39.3 Å². The number of quaternary nitrogens is 1. The van der Waals surface area contributed by atoms with Gasteiger partial charge in [0.05, 0.1) is 31.1 Å². The highest BCUT2D eigenvalue weighted by Crippen LogP contribution is 2.21. The molecular formula is C19H30N3O3S+. The Morgan fingerprint density at radius 2 is 1.69 bits per heavy atom. The number of nitrogens with one attached hydrogen (secondary N) is 1. The molecule has 6 nitrogen and oxygen atoms in total. The fourth-order valence-corrected chi connectivity index (χ4v) is 5.71. The number of hydrogen-bond acceptors (Lipinski definition) is 3. The average molecular weight is 381 g/mol. The minimum absolute atomic E-state index is 0.0981. The molecule has 2 aliphatic heterocycles. The van der Waals surface area contributed by atoms with Crippen molar-refractivity contribution >= 4 is 15.9 Å². The Morgan fingerprint density at radius 1 is 1.08 bits per heavy atom. The SMILES string of the molecule is Cc1ccc(S(=O)(=O)N2CC[NH+]([C@@H](C)C(=O)N3CCCC3)CC2)c(C)c1. The minimum atomic E-state index is -3.47. The third-order valence-corrected chi connectivity index (χ3v) is 7.77. The topological polar surface area (TPSA) is 62.1 Å². The molecule has 1 aromatic carbocycles. The minimum Gasteiger partial charge on any atom is -0.338 e. The predicted molar refractivity (Wildman–Crippen MR) is 101 cm³/mol. The number of carbonyl (C=O) groups is 1. The van der Waals surface area contributed by atoms with Crippen LogP contribution in [0.25, 0.3) is 0 Å². The molecule has 7 heteroatoms. The van der Waals surface area contributed by atoms with Crippen molar-refractivity contribution in [1.29, 1.82) is 0 Å². The van der Waals surface area contributed by atoms with E-state index in [1.807, 2.05) is 37.8 Å². The van der Waals surface area contributed by atoms with Gasteiger partial charge in [0, 0.05) is 13.1 Å². The number of piperazine rings is 1. The summed E-state index contributed by atoms with van der Waals surface area (Å²) in [5, 5.41) is 0. The molecule has 2 saturated heterocycles. The summed E-state index contributed by atoms with van der Waals surface area (Å²) in [6, 6.07) is 5.36. The Hall–Kier alpha value is -1.44. The van der Waals surface area contributed by atoms with Crippen molar-refractivity contribution < 1.29 is 18.1 Å². The van der Waals surface area contributed by atoms with Gasteiger partial charge in [0.2, 0.25) is 10.0 Å². The highest BCUT2D eigenvalue weighted by molar-refractivity contribution is 7.89. The molecule has 3 rings (SSSR count). The number of carbonyl (C=O) groups excluding carboxylic acids is 1. The van der Waals surface area contributed by atoms with E-state index in [2.05, 4.69) is 0 Å². The maximum Gasteiger partial charge on any atom is 0.280 e. The van der Waals surface area contributed by atoms with Crippen LogP contribution in [-0.2, 0) is 14.8 Å². The van der Waals surface area contributed by atoms with Gasteiger partial charge < -0.3 is 9.80 Å². The zero-order chi connectivity index (χ0) is 18.9. The number of rotatable bonds is 4. The van der Waals surface area contributed by atoms with Gasteiger partial charge in [-0.2, -0.15) is 4.31 Å². The van der Waals surface area contributed by atoms with Crippen LogP contribution in [0.1, 0.15) is 30.9 Å². The largest absolute Gasteiger partial charge is 0.338 e. The Balaban J connectivity index is 1.65. The molecule has 26 heavy (non-hydrogen) atoms. The second-order valence-electron chi connectivity index (χ2n) is 7.59. The molecule has 0 saturated carbocycles. The summed E-state index contributed by atoms with van der Waals surface area (Å²) in [5.41, 5.74) is 1.85. The summed E-state index contributed by atoms with van der Waals surface area (Å²) in [7, 11) is -3.47. The number of sulfonamides is 1. The van der Waals surface area contributed by atoms with Crippen LogP contribution in [0.2, 0.25) is 0 Å². The molecule has 0 radical (unpaired) electrons. The van der Waals surface area contributed by atoms with Gasteiger partial charge in [0.1, 0.15) is 0 Å². The maximum atomic E-state index is 13.0. The fourth-order valence-electron chi connectivity index (χ4n) is 4.06. The first kappa shape index (κ1) is 19.3. The van der Waals surface area contributed by atoms with Crippen LogP contribution in [-0.4, -0.2) is 68.8 Å². The number of likely N-dealkylation sites (tertiary alicyclic amines) is 1. The van der Waals surface area contributed by atoms with Crippen LogP contribution in [0, 0.1) is 13.8 Å². The van der Waals surface area contributed by atoms with Crippen molar-refractivity contribution in [1.82, 2.24) is 9.21 Å². The molecule has 2 heterocycles. The van der Waals surface area contributed by atoms with E-state index in [0.29, 0.717) is 31.1 Å². The molecule has 1 atom stereocenters. The summed E-state index contributed by atoms with van der Waals surface area (Å²) in [5.74, 6) is 0.211. The number of hydrogen-bond donors (Lipinski definition) is 1. The van der Waals surface area contributed by atoms with Gasteiger partial charge in [-0.1, -0.05) is 17.7 Å². The van der Waals surface area contributed by atoms with E-state index >= 15 is 0 Å². The zero-order valence-corrected chi connectivity index (χ0v) is 16.8. The molecule has 0 spiro atoms. The quantitative estimate of drug-likeness (QED) is 0.812. The van der Waals surface area contributed by atoms with E-state index in [9.17, 15) is 13.2 Å². The first-order valence-electron chi connectivity index (χ1n) is 9.51. The van der Waals surface area contributed by atoms with Crippen LogP contribution < -0.4 is 4.90 Å². The van der Waals surface area contributed by atoms with Gasteiger partial charge in [-0.3, -0.25) is 4.79 Å². The van der Waals surface area contributed by atoms with Gasteiger partial charge in [0.25, 0.3) is 5.91 Å². The third-order valence-electron chi connectivity index (χ3n) is 5.71. The lowest BCUT2D eigenvalue weighted by atomic mass is 10.2. The number of benzene rings is 1. The number of nitrogens with zero attached hydrogens (tertiary/aromatic N) is 2. The fraction of sp³-hybridized carbons (Fsp3) is 0.632. The van der Waals surface area contributed by atoms with Gasteiger partial charge in [-0.25, -0.2) is 8.42 Å². The lowest BCUT2D eigenvalue weighted by molar-refractivity contribution is -0.918. The van der Waals surface area contributed by atoms with Crippen molar-refractivity contribution in [2.45, 2.75) is 44.6 Å². The molecule has 0 bridgehead atoms. The summed E-state index contributed by atoms with van der Waals surface area (Å²) >= 11 is 0. The van der Waals surface area contributed by atoms with E-state index in [1.165, 1.54) is 4.90 Å². The molecule has 0 aliphatic carbocycles. The number of aryl methyl sites for hydroxylation is 2. The molecule has 1 amide bonds.